The van der Waals surface area contributed by atoms with Gasteiger partial charge in [0.2, 0.25) is 5.91 Å². The van der Waals surface area contributed by atoms with Gasteiger partial charge in [0.1, 0.15) is 5.75 Å². The van der Waals surface area contributed by atoms with Crippen LogP contribution < -0.4 is 10.1 Å². The molecule has 160 valence electrons. The highest BCUT2D eigenvalue weighted by Crippen LogP contribution is 2.22. The van der Waals surface area contributed by atoms with Gasteiger partial charge in [-0.05, 0) is 24.7 Å². The number of ketones is 1. The minimum absolute atomic E-state index is 0.0528. The highest BCUT2D eigenvalue weighted by Gasteiger charge is 2.19. The molecule has 0 aliphatic carbocycles. The number of nitriles is 1. The number of likely N-dealkylation sites (N-methyl/N-ethyl adjacent to an activating group) is 1. The Bertz CT molecular complexity index is 1110. The zero-order valence-electron chi connectivity index (χ0n) is 17.8. The van der Waals surface area contributed by atoms with E-state index in [0.29, 0.717) is 36.5 Å². The van der Waals surface area contributed by atoms with Crippen molar-refractivity contribution in [3.63, 3.8) is 0 Å². The number of amides is 1. The number of benzene rings is 2. The number of ether oxygens (including phenoxy) is 1. The normalized spacial score (nSPS) is 10.8. The number of hydrogen-bond donors (Lipinski definition) is 1. The smallest absolute Gasteiger partial charge is 0.238 e. The molecule has 0 aliphatic rings. The summed E-state index contributed by atoms with van der Waals surface area (Å²) in [6, 6.07) is 17.0. The number of anilines is 1. The molecule has 0 bridgehead atoms. The van der Waals surface area contributed by atoms with E-state index in [1.807, 2.05) is 42.0 Å². The molecule has 1 aromatic heterocycles. The fourth-order valence-corrected chi connectivity index (χ4v) is 3.50. The molecule has 0 aliphatic heterocycles. The molecule has 7 nitrogen and oxygen atoms in total. The molecule has 0 atom stereocenters. The first kappa shape index (κ1) is 22.1. The lowest BCUT2D eigenvalue weighted by Gasteiger charge is -2.19. The Hall–Kier alpha value is -3.63. The summed E-state index contributed by atoms with van der Waals surface area (Å²) < 4.78 is 7.12. The van der Waals surface area contributed by atoms with E-state index in [9.17, 15) is 9.59 Å². The molecule has 0 saturated heterocycles. The lowest BCUT2D eigenvalue weighted by Crippen LogP contribution is -2.36. The van der Waals surface area contributed by atoms with E-state index >= 15 is 0 Å². The summed E-state index contributed by atoms with van der Waals surface area (Å²) in [7, 11) is 1.57. The SMILES string of the molecule is CCN(CC(=O)Nc1cccc(OC)c1)CC(=O)c1cn(CCC#N)c2ccccc12. The van der Waals surface area contributed by atoms with Crippen LogP contribution in [0.4, 0.5) is 5.69 Å². The van der Waals surface area contributed by atoms with Gasteiger partial charge < -0.3 is 14.6 Å². The van der Waals surface area contributed by atoms with Crippen LogP contribution in [0, 0.1) is 11.3 Å². The van der Waals surface area contributed by atoms with Gasteiger partial charge in [0.05, 0.1) is 32.7 Å². The number of nitrogens with one attached hydrogen (secondary N) is 1. The van der Waals surface area contributed by atoms with Gasteiger partial charge in [0, 0.05) is 41.0 Å². The molecule has 1 heterocycles. The van der Waals surface area contributed by atoms with Crippen molar-refractivity contribution in [2.75, 3.05) is 32.1 Å². The molecule has 0 unspecified atom stereocenters. The minimum atomic E-state index is -0.195. The molecule has 3 aromatic rings. The van der Waals surface area contributed by atoms with Crippen LogP contribution >= 0.6 is 0 Å². The Morgan fingerprint density at radius 3 is 2.71 bits per heavy atom. The van der Waals surface area contributed by atoms with E-state index in [0.717, 1.165) is 10.9 Å². The third-order valence-corrected chi connectivity index (χ3v) is 5.09. The van der Waals surface area contributed by atoms with Crippen LogP contribution in [-0.4, -0.2) is 47.9 Å². The zero-order valence-corrected chi connectivity index (χ0v) is 17.8. The van der Waals surface area contributed by atoms with Crippen LogP contribution in [0.3, 0.4) is 0 Å². The van der Waals surface area contributed by atoms with Gasteiger partial charge in [-0.15, -0.1) is 0 Å². The predicted molar refractivity (Wildman–Crippen MR) is 120 cm³/mol. The Balaban J connectivity index is 1.69. The van der Waals surface area contributed by atoms with Crippen molar-refractivity contribution in [2.45, 2.75) is 19.9 Å². The molecule has 0 fully saturated rings. The molecule has 3 rings (SSSR count). The molecule has 31 heavy (non-hydrogen) atoms. The van der Waals surface area contributed by atoms with Crippen molar-refractivity contribution >= 4 is 28.3 Å². The van der Waals surface area contributed by atoms with Crippen molar-refractivity contribution in [2.24, 2.45) is 0 Å². The van der Waals surface area contributed by atoms with E-state index < -0.39 is 0 Å². The highest BCUT2D eigenvalue weighted by atomic mass is 16.5. The first-order valence-corrected chi connectivity index (χ1v) is 10.2. The van der Waals surface area contributed by atoms with Gasteiger partial charge in [-0.1, -0.05) is 31.2 Å². The maximum Gasteiger partial charge on any atom is 0.238 e. The van der Waals surface area contributed by atoms with E-state index in [4.69, 9.17) is 10.00 Å². The van der Waals surface area contributed by atoms with Crippen LogP contribution in [0.1, 0.15) is 23.7 Å². The number of para-hydroxylation sites is 1. The molecule has 1 N–H and O–H groups in total. The first-order chi connectivity index (χ1) is 15.0. The van der Waals surface area contributed by atoms with Crippen LogP contribution in [0.2, 0.25) is 0 Å². The van der Waals surface area contributed by atoms with Gasteiger partial charge in [-0.2, -0.15) is 5.26 Å². The average Bonchev–Trinajstić information content (AvgIpc) is 3.16. The molecule has 0 spiro atoms. The van der Waals surface area contributed by atoms with Crippen LogP contribution in [-0.2, 0) is 11.3 Å². The number of nitrogens with zero attached hydrogens (tertiary/aromatic N) is 3. The van der Waals surface area contributed by atoms with E-state index in [1.165, 1.54) is 0 Å². The average molecular weight is 418 g/mol. The number of fused-ring (bicyclic) bond motifs is 1. The molecular weight excluding hydrogens is 392 g/mol. The Labute approximate surface area is 181 Å². The molecule has 0 radical (unpaired) electrons. The Morgan fingerprint density at radius 1 is 1.16 bits per heavy atom. The third kappa shape index (κ3) is 5.50. The van der Waals surface area contributed by atoms with Crippen LogP contribution in [0.15, 0.2) is 54.7 Å². The van der Waals surface area contributed by atoms with Gasteiger partial charge in [0.15, 0.2) is 5.78 Å². The second-order valence-corrected chi connectivity index (χ2v) is 7.17. The number of carbonyl (C=O) groups is 2. The first-order valence-electron chi connectivity index (χ1n) is 10.2. The monoisotopic (exact) mass is 418 g/mol. The number of carbonyl (C=O) groups excluding carboxylic acids is 2. The summed E-state index contributed by atoms with van der Waals surface area (Å²) in [4.78, 5) is 27.4. The molecule has 7 heteroatoms. The number of Topliss-reactive ketones (excluding diaryl/α,β-unsaturated/α-hetero) is 1. The summed E-state index contributed by atoms with van der Waals surface area (Å²) in [5.41, 5.74) is 2.19. The van der Waals surface area contributed by atoms with E-state index in [-0.39, 0.29) is 24.8 Å². The second-order valence-electron chi connectivity index (χ2n) is 7.17. The standard InChI is InChI=1S/C24H26N4O3/c1-3-27(17-24(30)26-18-8-6-9-19(14-18)31-2)16-23(29)21-15-28(13-7-12-25)22-11-5-4-10-20(21)22/h4-6,8-11,14-15H,3,7,13,16-17H2,1-2H3,(H,26,30). The highest BCUT2D eigenvalue weighted by molar-refractivity contribution is 6.09. The maximum atomic E-state index is 13.1. The predicted octanol–water partition coefficient (Wildman–Crippen LogP) is 3.71. The van der Waals surface area contributed by atoms with Gasteiger partial charge in [-0.3, -0.25) is 14.5 Å². The summed E-state index contributed by atoms with van der Waals surface area (Å²) in [5, 5.41) is 12.6. The largest absolute Gasteiger partial charge is 0.497 e. The van der Waals surface area contributed by atoms with Crippen molar-refractivity contribution in [1.82, 2.24) is 9.47 Å². The molecule has 2 aromatic carbocycles. The number of aryl methyl sites for hydroxylation is 1. The van der Waals surface area contributed by atoms with Gasteiger partial charge in [-0.25, -0.2) is 0 Å². The van der Waals surface area contributed by atoms with Crippen molar-refractivity contribution < 1.29 is 14.3 Å². The van der Waals surface area contributed by atoms with Crippen LogP contribution in [0.5, 0.6) is 5.75 Å². The summed E-state index contributed by atoms with van der Waals surface area (Å²) in [6.45, 7) is 3.25. The van der Waals surface area contributed by atoms with Crippen LogP contribution in [0.25, 0.3) is 10.9 Å². The van der Waals surface area contributed by atoms with Crippen molar-refractivity contribution in [3.05, 3.63) is 60.3 Å². The zero-order chi connectivity index (χ0) is 22.2. The summed E-state index contributed by atoms with van der Waals surface area (Å²) in [5.74, 6) is 0.412. The molecule has 0 saturated carbocycles. The van der Waals surface area contributed by atoms with E-state index in [1.54, 1.807) is 36.3 Å². The van der Waals surface area contributed by atoms with Gasteiger partial charge in [0.25, 0.3) is 0 Å². The molecule has 1 amide bonds. The van der Waals surface area contributed by atoms with Crippen molar-refractivity contribution in [3.8, 4) is 11.8 Å². The molecular formula is C24H26N4O3. The number of rotatable bonds is 10. The fourth-order valence-electron chi connectivity index (χ4n) is 3.50. The van der Waals surface area contributed by atoms with Crippen molar-refractivity contribution in [1.29, 1.82) is 5.26 Å². The number of methoxy groups -OCH3 is 1. The number of aromatic nitrogens is 1. The number of hydrogen-bond acceptors (Lipinski definition) is 5. The lowest BCUT2D eigenvalue weighted by molar-refractivity contribution is -0.117. The fraction of sp³-hybridized carbons (Fsp3) is 0.292. The topological polar surface area (TPSA) is 87.4 Å². The quantitative estimate of drug-likeness (QED) is 0.507. The summed E-state index contributed by atoms with van der Waals surface area (Å²) in [6.07, 6.45) is 2.19. The third-order valence-electron chi connectivity index (χ3n) is 5.09. The lowest BCUT2D eigenvalue weighted by atomic mass is 10.1. The van der Waals surface area contributed by atoms with Gasteiger partial charge >= 0.3 is 0 Å². The minimum Gasteiger partial charge on any atom is -0.497 e. The Morgan fingerprint density at radius 2 is 1.97 bits per heavy atom. The van der Waals surface area contributed by atoms with E-state index in [2.05, 4.69) is 11.4 Å². The summed E-state index contributed by atoms with van der Waals surface area (Å²) >= 11 is 0. The maximum absolute atomic E-state index is 13.1. The Kier molecular flexibility index (Phi) is 7.41. The second kappa shape index (κ2) is 10.4.